The first kappa shape index (κ1) is 10.2. The van der Waals surface area contributed by atoms with Gasteiger partial charge in [0.25, 0.3) is 0 Å². The number of anilines is 1. The zero-order valence-corrected chi connectivity index (χ0v) is 9.09. The van der Waals surface area contributed by atoms with Crippen molar-refractivity contribution in [1.82, 2.24) is 15.0 Å². The minimum Gasteiger partial charge on any atom is -0.396 e. The van der Waals surface area contributed by atoms with Crippen LogP contribution in [0.2, 0.25) is 0 Å². The number of aryl methyl sites for hydroxylation is 1. The minimum atomic E-state index is -0.421. The summed E-state index contributed by atoms with van der Waals surface area (Å²) in [5, 5.41) is 7.88. The number of nitrogen functional groups attached to an aromatic ring is 1. The van der Waals surface area contributed by atoms with Gasteiger partial charge in [0.15, 0.2) is 0 Å². The Kier molecular flexibility index (Phi) is 2.77. The maximum atomic E-state index is 13.2. The molecule has 0 saturated heterocycles. The van der Waals surface area contributed by atoms with Gasteiger partial charge in [-0.25, -0.2) is 9.07 Å². The standard InChI is InChI=1S/C9H11FN4S/c1-15-3-2-14-9-4-6(10)7(11)5-8(9)12-13-14/h4-5H,2-3,11H2,1H3. The zero-order chi connectivity index (χ0) is 10.8. The van der Waals surface area contributed by atoms with Crippen molar-refractivity contribution < 1.29 is 4.39 Å². The number of halogens is 1. The first-order chi connectivity index (χ1) is 7.22. The Morgan fingerprint density at radius 3 is 3.07 bits per heavy atom. The largest absolute Gasteiger partial charge is 0.396 e. The quantitative estimate of drug-likeness (QED) is 0.806. The van der Waals surface area contributed by atoms with E-state index in [-0.39, 0.29) is 5.69 Å². The van der Waals surface area contributed by atoms with Crippen molar-refractivity contribution in [3.8, 4) is 0 Å². The van der Waals surface area contributed by atoms with Gasteiger partial charge in [0, 0.05) is 11.8 Å². The summed E-state index contributed by atoms with van der Waals surface area (Å²) in [6, 6.07) is 2.89. The van der Waals surface area contributed by atoms with Crippen LogP contribution in [0.15, 0.2) is 12.1 Å². The van der Waals surface area contributed by atoms with Gasteiger partial charge in [-0.1, -0.05) is 5.21 Å². The van der Waals surface area contributed by atoms with Crippen molar-refractivity contribution in [2.24, 2.45) is 0 Å². The number of aromatic nitrogens is 3. The summed E-state index contributed by atoms with van der Waals surface area (Å²) >= 11 is 1.71. The molecule has 0 spiro atoms. The molecule has 0 fully saturated rings. The molecule has 0 unspecified atom stereocenters. The Morgan fingerprint density at radius 1 is 1.53 bits per heavy atom. The van der Waals surface area contributed by atoms with E-state index in [2.05, 4.69) is 10.3 Å². The number of hydrogen-bond donors (Lipinski definition) is 1. The second-order valence-electron chi connectivity index (χ2n) is 3.17. The number of nitrogens with zero attached hydrogens (tertiary/aromatic N) is 3. The lowest BCUT2D eigenvalue weighted by atomic mass is 10.2. The van der Waals surface area contributed by atoms with Gasteiger partial charge in [0.05, 0.1) is 17.7 Å². The topological polar surface area (TPSA) is 56.7 Å². The van der Waals surface area contributed by atoms with E-state index >= 15 is 0 Å². The average Bonchev–Trinajstić information content (AvgIpc) is 2.59. The van der Waals surface area contributed by atoms with Gasteiger partial charge in [-0.15, -0.1) is 5.10 Å². The molecule has 1 aromatic carbocycles. The van der Waals surface area contributed by atoms with Crippen molar-refractivity contribution in [1.29, 1.82) is 0 Å². The summed E-state index contributed by atoms with van der Waals surface area (Å²) in [5.74, 6) is 0.500. The van der Waals surface area contributed by atoms with Gasteiger partial charge < -0.3 is 5.73 Å². The molecule has 2 rings (SSSR count). The van der Waals surface area contributed by atoms with Crippen LogP contribution in [0.1, 0.15) is 0 Å². The maximum Gasteiger partial charge on any atom is 0.148 e. The molecule has 0 saturated carbocycles. The Balaban J connectivity index is 2.45. The highest BCUT2D eigenvalue weighted by Crippen LogP contribution is 2.18. The second kappa shape index (κ2) is 4.06. The van der Waals surface area contributed by atoms with Crippen LogP contribution in [-0.2, 0) is 6.54 Å². The van der Waals surface area contributed by atoms with Crippen LogP contribution in [0.4, 0.5) is 10.1 Å². The number of benzene rings is 1. The van der Waals surface area contributed by atoms with Gasteiger partial charge in [0.1, 0.15) is 11.3 Å². The molecule has 0 amide bonds. The van der Waals surface area contributed by atoms with Crippen molar-refractivity contribution in [3.63, 3.8) is 0 Å². The molecule has 0 aliphatic heterocycles. The van der Waals surface area contributed by atoms with E-state index in [0.717, 1.165) is 12.3 Å². The van der Waals surface area contributed by atoms with Crippen molar-refractivity contribution >= 4 is 28.5 Å². The van der Waals surface area contributed by atoms with Crippen LogP contribution in [0.5, 0.6) is 0 Å². The molecule has 2 aromatic rings. The maximum absolute atomic E-state index is 13.2. The van der Waals surface area contributed by atoms with Crippen molar-refractivity contribution in [2.75, 3.05) is 17.7 Å². The summed E-state index contributed by atoms with van der Waals surface area (Å²) in [4.78, 5) is 0. The smallest absolute Gasteiger partial charge is 0.148 e. The Labute approximate surface area is 90.6 Å². The molecule has 0 aliphatic rings. The lowest BCUT2D eigenvalue weighted by Gasteiger charge is -2.00. The van der Waals surface area contributed by atoms with Crippen LogP contribution in [0, 0.1) is 5.82 Å². The predicted octanol–water partition coefficient (Wildman–Crippen LogP) is 1.52. The fraction of sp³-hybridized carbons (Fsp3) is 0.333. The highest BCUT2D eigenvalue weighted by atomic mass is 32.2. The molecule has 0 aliphatic carbocycles. The summed E-state index contributed by atoms with van der Waals surface area (Å²) in [6.07, 6.45) is 2.01. The van der Waals surface area contributed by atoms with E-state index in [9.17, 15) is 4.39 Å². The normalized spacial score (nSPS) is 11.1. The van der Waals surface area contributed by atoms with Crippen LogP contribution >= 0.6 is 11.8 Å². The third-order valence-corrected chi connectivity index (χ3v) is 2.73. The van der Waals surface area contributed by atoms with E-state index in [1.54, 1.807) is 16.4 Å². The first-order valence-electron chi connectivity index (χ1n) is 4.49. The van der Waals surface area contributed by atoms with E-state index in [0.29, 0.717) is 11.0 Å². The Hall–Kier alpha value is -1.30. The molecule has 1 aromatic heterocycles. The van der Waals surface area contributed by atoms with E-state index in [4.69, 9.17) is 5.73 Å². The van der Waals surface area contributed by atoms with E-state index in [1.807, 2.05) is 6.26 Å². The number of hydrogen-bond acceptors (Lipinski definition) is 4. The van der Waals surface area contributed by atoms with Crippen LogP contribution in [-0.4, -0.2) is 27.0 Å². The van der Waals surface area contributed by atoms with Crippen LogP contribution < -0.4 is 5.73 Å². The molecule has 80 valence electrons. The molecule has 6 heteroatoms. The zero-order valence-electron chi connectivity index (χ0n) is 8.27. The summed E-state index contributed by atoms with van der Waals surface area (Å²) < 4.78 is 14.9. The van der Waals surface area contributed by atoms with Crippen LogP contribution in [0.3, 0.4) is 0 Å². The van der Waals surface area contributed by atoms with Gasteiger partial charge in [-0.2, -0.15) is 11.8 Å². The van der Waals surface area contributed by atoms with Crippen molar-refractivity contribution in [3.05, 3.63) is 17.9 Å². The molecule has 0 radical (unpaired) electrons. The molecule has 0 bridgehead atoms. The third-order valence-electron chi connectivity index (χ3n) is 2.14. The number of thioether (sulfide) groups is 1. The summed E-state index contributed by atoms with van der Waals surface area (Å²) in [6.45, 7) is 0.723. The molecule has 15 heavy (non-hydrogen) atoms. The van der Waals surface area contributed by atoms with Gasteiger partial charge in [-0.05, 0) is 12.3 Å². The average molecular weight is 226 g/mol. The first-order valence-corrected chi connectivity index (χ1v) is 5.89. The van der Waals surface area contributed by atoms with Gasteiger partial charge in [0.2, 0.25) is 0 Å². The molecule has 1 heterocycles. The molecular weight excluding hydrogens is 215 g/mol. The number of fused-ring (bicyclic) bond motifs is 1. The summed E-state index contributed by atoms with van der Waals surface area (Å²) in [5.41, 5.74) is 6.87. The Morgan fingerprint density at radius 2 is 2.33 bits per heavy atom. The fourth-order valence-corrected chi connectivity index (χ4v) is 1.70. The number of rotatable bonds is 3. The molecule has 0 atom stereocenters. The van der Waals surface area contributed by atoms with Crippen molar-refractivity contribution in [2.45, 2.75) is 6.54 Å². The highest BCUT2D eigenvalue weighted by Gasteiger charge is 2.08. The molecular formula is C9H11FN4S. The van der Waals surface area contributed by atoms with E-state index < -0.39 is 5.82 Å². The van der Waals surface area contributed by atoms with E-state index in [1.165, 1.54) is 12.1 Å². The van der Waals surface area contributed by atoms with Crippen LogP contribution in [0.25, 0.3) is 11.0 Å². The monoisotopic (exact) mass is 226 g/mol. The lowest BCUT2D eigenvalue weighted by molar-refractivity contribution is 0.627. The number of nitrogens with two attached hydrogens (primary N) is 1. The second-order valence-corrected chi connectivity index (χ2v) is 4.15. The van der Waals surface area contributed by atoms with Gasteiger partial charge >= 0.3 is 0 Å². The SMILES string of the molecule is CSCCn1nnc2cc(N)c(F)cc21. The third kappa shape index (κ3) is 1.90. The lowest BCUT2D eigenvalue weighted by Crippen LogP contribution is -2.02. The minimum absolute atomic E-state index is 0.111. The molecule has 4 nitrogen and oxygen atoms in total. The summed E-state index contributed by atoms with van der Waals surface area (Å²) in [7, 11) is 0. The molecule has 2 N–H and O–H groups in total. The fourth-order valence-electron chi connectivity index (χ4n) is 1.35. The predicted molar refractivity (Wildman–Crippen MR) is 60.3 cm³/mol. The highest BCUT2D eigenvalue weighted by molar-refractivity contribution is 7.98. The van der Waals surface area contributed by atoms with Gasteiger partial charge in [-0.3, -0.25) is 0 Å². The Bertz CT molecular complexity index is 482.